The molecule has 0 aromatic carbocycles. The van der Waals surface area contributed by atoms with Crippen LogP contribution in [0.4, 0.5) is 0 Å². The number of hydrogen-bond donors (Lipinski definition) is 2. The van der Waals surface area contributed by atoms with E-state index in [4.69, 9.17) is 10.6 Å². The van der Waals surface area contributed by atoms with Crippen LogP contribution in [0.5, 0.6) is 0 Å². The normalized spacial score (nSPS) is 13.9. The topological polar surface area (TPSA) is 64.3 Å². The van der Waals surface area contributed by atoms with E-state index in [2.05, 4.69) is 5.48 Å². The summed E-state index contributed by atoms with van der Waals surface area (Å²) in [7, 11) is 0. The van der Waals surface area contributed by atoms with Crippen molar-refractivity contribution >= 4 is 5.91 Å². The second-order valence-corrected chi connectivity index (χ2v) is 4.13. The van der Waals surface area contributed by atoms with Crippen LogP contribution in [0.1, 0.15) is 34.1 Å². The number of carbonyl (C=O) groups excluding carboxylic acids is 1. The molecule has 0 radical (unpaired) electrons. The number of amides is 1. The van der Waals surface area contributed by atoms with Crippen molar-refractivity contribution in [2.75, 3.05) is 6.61 Å². The minimum absolute atomic E-state index is 0.0520. The third-order valence-corrected chi connectivity index (χ3v) is 1.85. The summed E-state index contributed by atoms with van der Waals surface area (Å²) < 4.78 is 0. The van der Waals surface area contributed by atoms with E-state index in [1.54, 1.807) is 0 Å². The van der Waals surface area contributed by atoms with Gasteiger partial charge in [0.15, 0.2) is 0 Å². The molecule has 4 heteroatoms. The predicted octanol–water partition coefficient (Wildman–Crippen LogP) is 0.818. The zero-order valence-electron chi connectivity index (χ0n) is 8.89. The molecule has 4 nitrogen and oxygen atoms in total. The van der Waals surface area contributed by atoms with E-state index in [1.165, 1.54) is 0 Å². The third-order valence-electron chi connectivity index (χ3n) is 1.85. The van der Waals surface area contributed by atoms with Crippen LogP contribution in [0.3, 0.4) is 0 Å². The van der Waals surface area contributed by atoms with E-state index >= 15 is 0 Å². The van der Waals surface area contributed by atoms with E-state index in [1.807, 2.05) is 27.7 Å². The van der Waals surface area contributed by atoms with Crippen LogP contribution in [0.2, 0.25) is 0 Å². The molecule has 0 bridgehead atoms. The molecule has 0 aliphatic heterocycles. The predicted molar refractivity (Wildman–Crippen MR) is 51.8 cm³/mol. The molecule has 78 valence electrons. The molecular formula is C9H20N2O2. The second-order valence-electron chi connectivity index (χ2n) is 4.13. The molecule has 3 N–H and O–H groups in total. The van der Waals surface area contributed by atoms with Gasteiger partial charge in [0, 0.05) is 12.5 Å². The highest BCUT2D eigenvalue weighted by Gasteiger charge is 2.22. The molecule has 0 aromatic heterocycles. The fraction of sp³-hybridized carbons (Fsp3) is 0.889. The Morgan fingerprint density at radius 2 is 2.08 bits per heavy atom. The van der Waals surface area contributed by atoms with Crippen molar-refractivity contribution in [2.24, 2.45) is 11.1 Å². The molecule has 0 saturated heterocycles. The maximum absolute atomic E-state index is 11.1. The second kappa shape index (κ2) is 5.19. The SMILES string of the molecule is CCONC(=O)CC(N)C(C)(C)C. The number of nitrogens with two attached hydrogens (primary N) is 1. The van der Waals surface area contributed by atoms with Gasteiger partial charge in [-0.1, -0.05) is 20.8 Å². The molecule has 0 spiro atoms. The Balaban J connectivity index is 3.79. The minimum atomic E-state index is -0.163. The van der Waals surface area contributed by atoms with Crippen LogP contribution in [0.25, 0.3) is 0 Å². The molecule has 13 heavy (non-hydrogen) atoms. The minimum Gasteiger partial charge on any atom is -0.327 e. The van der Waals surface area contributed by atoms with Crippen molar-refractivity contribution in [1.82, 2.24) is 5.48 Å². The lowest BCUT2D eigenvalue weighted by Gasteiger charge is -2.26. The Morgan fingerprint density at radius 3 is 2.46 bits per heavy atom. The van der Waals surface area contributed by atoms with Crippen LogP contribution in [-0.2, 0) is 9.63 Å². The van der Waals surface area contributed by atoms with Crippen molar-refractivity contribution in [3.05, 3.63) is 0 Å². The quantitative estimate of drug-likeness (QED) is 0.642. The average molecular weight is 188 g/mol. The van der Waals surface area contributed by atoms with Gasteiger partial charge in [-0.3, -0.25) is 9.63 Å². The lowest BCUT2D eigenvalue weighted by atomic mass is 9.85. The Kier molecular flexibility index (Phi) is 4.95. The van der Waals surface area contributed by atoms with Gasteiger partial charge in [0.1, 0.15) is 0 Å². The van der Waals surface area contributed by atoms with Crippen LogP contribution in [0, 0.1) is 5.41 Å². The molecular weight excluding hydrogens is 168 g/mol. The molecule has 1 amide bonds. The zero-order valence-corrected chi connectivity index (χ0v) is 8.89. The Morgan fingerprint density at radius 1 is 1.54 bits per heavy atom. The molecule has 0 aromatic rings. The van der Waals surface area contributed by atoms with Crippen LogP contribution >= 0.6 is 0 Å². The monoisotopic (exact) mass is 188 g/mol. The molecule has 0 rings (SSSR count). The number of rotatable bonds is 4. The number of hydrogen-bond acceptors (Lipinski definition) is 3. The van der Waals surface area contributed by atoms with E-state index in [9.17, 15) is 4.79 Å². The molecule has 0 heterocycles. The first-order valence-corrected chi connectivity index (χ1v) is 4.54. The summed E-state index contributed by atoms with van der Waals surface area (Å²) >= 11 is 0. The molecule has 0 aliphatic carbocycles. The summed E-state index contributed by atoms with van der Waals surface area (Å²) in [6, 6.07) is -0.145. The highest BCUT2D eigenvalue weighted by molar-refractivity contribution is 5.75. The maximum atomic E-state index is 11.1. The summed E-state index contributed by atoms with van der Waals surface area (Å²) in [5.41, 5.74) is 8.07. The fourth-order valence-corrected chi connectivity index (χ4v) is 0.700. The van der Waals surface area contributed by atoms with E-state index in [-0.39, 0.29) is 17.4 Å². The van der Waals surface area contributed by atoms with Crippen LogP contribution in [-0.4, -0.2) is 18.6 Å². The average Bonchev–Trinajstić information content (AvgIpc) is 1.99. The Hall–Kier alpha value is -0.610. The molecule has 0 saturated carbocycles. The summed E-state index contributed by atoms with van der Waals surface area (Å²) in [4.78, 5) is 15.9. The Labute approximate surface area is 79.8 Å². The van der Waals surface area contributed by atoms with Gasteiger partial charge in [-0.2, -0.15) is 0 Å². The summed E-state index contributed by atoms with van der Waals surface area (Å²) in [5, 5.41) is 0. The van der Waals surface area contributed by atoms with Gasteiger partial charge in [0.2, 0.25) is 5.91 Å². The number of hydroxylamine groups is 1. The molecule has 1 atom stereocenters. The Bertz CT molecular complexity index is 163. The van der Waals surface area contributed by atoms with Gasteiger partial charge in [0.25, 0.3) is 0 Å². The van der Waals surface area contributed by atoms with Gasteiger partial charge in [0.05, 0.1) is 6.61 Å². The first kappa shape index (κ1) is 12.4. The molecule has 0 fully saturated rings. The van der Waals surface area contributed by atoms with Gasteiger partial charge < -0.3 is 5.73 Å². The zero-order chi connectivity index (χ0) is 10.5. The van der Waals surface area contributed by atoms with E-state index in [0.29, 0.717) is 13.0 Å². The van der Waals surface area contributed by atoms with Gasteiger partial charge in [-0.05, 0) is 12.3 Å². The molecule has 0 aliphatic rings. The number of carbonyl (C=O) groups is 1. The van der Waals surface area contributed by atoms with Crippen molar-refractivity contribution < 1.29 is 9.63 Å². The lowest BCUT2D eigenvalue weighted by molar-refractivity contribution is -0.134. The van der Waals surface area contributed by atoms with Crippen molar-refractivity contribution in [1.29, 1.82) is 0 Å². The van der Waals surface area contributed by atoms with Gasteiger partial charge >= 0.3 is 0 Å². The highest BCUT2D eigenvalue weighted by Crippen LogP contribution is 2.19. The summed E-state index contributed by atoms with van der Waals surface area (Å²) in [6.07, 6.45) is 0.295. The maximum Gasteiger partial charge on any atom is 0.245 e. The summed E-state index contributed by atoms with van der Waals surface area (Å²) in [5.74, 6) is -0.163. The van der Waals surface area contributed by atoms with Crippen LogP contribution < -0.4 is 11.2 Å². The highest BCUT2D eigenvalue weighted by atomic mass is 16.6. The lowest BCUT2D eigenvalue weighted by Crippen LogP contribution is -2.40. The smallest absolute Gasteiger partial charge is 0.245 e. The van der Waals surface area contributed by atoms with E-state index in [0.717, 1.165) is 0 Å². The fourth-order valence-electron chi connectivity index (χ4n) is 0.700. The van der Waals surface area contributed by atoms with Gasteiger partial charge in [-0.15, -0.1) is 0 Å². The van der Waals surface area contributed by atoms with Crippen molar-refractivity contribution in [3.8, 4) is 0 Å². The van der Waals surface area contributed by atoms with Gasteiger partial charge in [-0.25, -0.2) is 5.48 Å². The number of nitrogens with one attached hydrogen (secondary N) is 1. The largest absolute Gasteiger partial charge is 0.327 e. The molecule has 1 unspecified atom stereocenters. The van der Waals surface area contributed by atoms with E-state index < -0.39 is 0 Å². The van der Waals surface area contributed by atoms with Crippen molar-refractivity contribution in [3.63, 3.8) is 0 Å². The summed E-state index contributed by atoms with van der Waals surface area (Å²) in [6.45, 7) is 8.29. The first-order valence-electron chi connectivity index (χ1n) is 4.54. The third kappa shape index (κ3) is 5.60. The standard InChI is InChI=1S/C9H20N2O2/c1-5-13-11-8(12)6-7(10)9(2,3)4/h7H,5-6,10H2,1-4H3,(H,11,12). The first-order chi connectivity index (χ1) is 5.88. The van der Waals surface area contributed by atoms with Crippen molar-refractivity contribution in [2.45, 2.75) is 40.2 Å². The van der Waals surface area contributed by atoms with Crippen LogP contribution in [0.15, 0.2) is 0 Å².